The summed E-state index contributed by atoms with van der Waals surface area (Å²) in [6.45, 7) is 3.94. The lowest BCUT2D eigenvalue weighted by Gasteiger charge is -2.25. The number of halogens is 1. The van der Waals surface area contributed by atoms with Crippen LogP contribution in [0, 0.1) is 5.82 Å². The van der Waals surface area contributed by atoms with Gasteiger partial charge in [0, 0.05) is 22.1 Å². The zero-order valence-corrected chi connectivity index (χ0v) is 20.3. The molecule has 0 bridgehead atoms. The molecule has 1 heterocycles. The summed E-state index contributed by atoms with van der Waals surface area (Å²) >= 11 is 0. The number of aromatic amines is 1. The predicted molar refractivity (Wildman–Crippen MR) is 133 cm³/mol. The molecule has 8 nitrogen and oxygen atoms in total. The number of hydrogen-bond donors (Lipinski definition) is 2. The van der Waals surface area contributed by atoms with E-state index in [-0.39, 0.29) is 18.2 Å². The number of fused-ring (bicyclic) bond motifs is 1. The van der Waals surface area contributed by atoms with Crippen molar-refractivity contribution in [2.24, 2.45) is 0 Å². The van der Waals surface area contributed by atoms with Gasteiger partial charge in [-0.05, 0) is 54.1 Å². The second kappa shape index (κ2) is 10.1. The molecule has 36 heavy (non-hydrogen) atoms. The quantitative estimate of drug-likeness (QED) is 0.332. The average molecular weight is 492 g/mol. The molecule has 2 N–H and O–H groups in total. The molecule has 186 valence electrons. The van der Waals surface area contributed by atoms with Gasteiger partial charge in [0.15, 0.2) is 17.2 Å². The number of aromatic nitrogens is 2. The first-order valence-corrected chi connectivity index (χ1v) is 11.2. The number of ether oxygens (including phenoxy) is 3. The van der Waals surface area contributed by atoms with E-state index < -0.39 is 17.2 Å². The van der Waals surface area contributed by atoms with Gasteiger partial charge in [-0.2, -0.15) is 5.10 Å². The fourth-order valence-electron chi connectivity index (χ4n) is 3.72. The summed E-state index contributed by atoms with van der Waals surface area (Å²) in [5.74, 6) is -0.395. The normalized spacial score (nSPS) is 11.2. The van der Waals surface area contributed by atoms with Crippen LogP contribution < -0.4 is 14.8 Å². The third kappa shape index (κ3) is 5.14. The van der Waals surface area contributed by atoms with Gasteiger partial charge in [0.25, 0.3) is 5.91 Å². The third-order valence-electron chi connectivity index (χ3n) is 5.85. The smallest absolute Gasteiger partial charge is 0.359 e. The lowest BCUT2D eigenvalue weighted by atomic mass is 9.85. The number of esters is 1. The standard InChI is InChI=1S/C27H26FN3O5/c1-27(2,15-36-26(33)24-20-14-18(28)8-11-21(20)30-31-24)17-6-9-19(10-7-17)29-25(32)16-5-12-22(34-3)23(13-16)35-4/h5-14H,15H2,1-4H3,(H,29,32)(H,30,31). The molecule has 1 aromatic heterocycles. The van der Waals surface area contributed by atoms with Crippen molar-refractivity contribution in [2.45, 2.75) is 19.3 Å². The summed E-state index contributed by atoms with van der Waals surface area (Å²) in [4.78, 5) is 25.3. The highest BCUT2D eigenvalue weighted by Gasteiger charge is 2.25. The molecule has 0 aliphatic carbocycles. The fourth-order valence-corrected chi connectivity index (χ4v) is 3.72. The summed E-state index contributed by atoms with van der Waals surface area (Å²) in [6, 6.07) is 16.3. The van der Waals surface area contributed by atoms with Crippen LogP contribution in [0.5, 0.6) is 11.5 Å². The molecule has 0 atom stereocenters. The number of nitrogens with zero attached hydrogens (tertiary/aromatic N) is 1. The number of hydrogen-bond acceptors (Lipinski definition) is 6. The first kappa shape index (κ1) is 24.7. The molecule has 0 spiro atoms. The predicted octanol–water partition coefficient (Wildman–Crippen LogP) is 5.11. The Balaban J connectivity index is 1.40. The van der Waals surface area contributed by atoms with E-state index in [1.807, 2.05) is 26.0 Å². The van der Waals surface area contributed by atoms with E-state index in [0.717, 1.165) is 5.56 Å². The van der Waals surface area contributed by atoms with E-state index in [1.54, 1.807) is 30.3 Å². The minimum Gasteiger partial charge on any atom is -0.493 e. The Morgan fingerprint density at radius 3 is 2.39 bits per heavy atom. The van der Waals surface area contributed by atoms with Crippen LogP contribution in [-0.2, 0) is 10.2 Å². The number of methoxy groups -OCH3 is 2. The summed E-state index contributed by atoms with van der Waals surface area (Å²) in [5.41, 5.74) is 1.99. The van der Waals surface area contributed by atoms with Crippen molar-refractivity contribution in [3.63, 3.8) is 0 Å². The van der Waals surface area contributed by atoms with Gasteiger partial charge < -0.3 is 19.5 Å². The minimum atomic E-state index is -0.640. The number of anilines is 1. The van der Waals surface area contributed by atoms with Gasteiger partial charge in [-0.25, -0.2) is 9.18 Å². The van der Waals surface area contributed by atoms with E-state index in [4.69, 9.17) is 14.2 Å². The average Bonchev–Trinajstić information content (AvgIpc) is 3.30. The highest BCUT2D eigenvalue weighted by Crippen LogP contribution is 2.29. The summed E-state index contributed by atoms with van der Waals surface area (Å²) in [6.07, 6.45) is 0. The highest BCUT2D eigenvalue weighted by atomic mass is 19.1. The summed E-state index contributed by atoms with van der Waals surface area (Å²) in [7, 11) is 3.04. The first-order chi connectivity index (χ1) is 17.2. The Hall–Kier alpha value is -4.40. The van der Waals surface area contributed by atoms with Crippen LogP contribution in [0.15, 0.2) is 60.7 Å². The molecule has 3 aromatic carbocycles. The number of rotatable bonds is 8. The number of carbonyl (C=O) groups excluding carboxylic acids is 2. The van der Waals surface area contributed by atoms with Crippen LogP contribution >= 0.6 is 0 Å². The molecule has 0 fully saturated rings. The van der Waals surface area contributed by atoms with Gasteiger partial charge in [0.2, 0.25) is 0 Å². The second-order valence-corrected chi connectivity index (χ2v) is 8.82. The minimum absolute atomic E-state index is 0.0357. The Bertz CT molecular complexity index is 1410. The molecule has 0 aliphatic rings. The molecule has 0 radical (unpaired) electrons. The molecule has 4 aromatic rings. The number of carbonyl (C=O) groups is 2. The van der Waals surface area contributed by atoms with E-state index in [9.17, 15) is 14.0 Å². The zero-order chi connectivity index (χ0) is 25.9. The van der Waals surface area contributed by atoms with Gasteiger partial charge in [0.1, 0.15) is 12.4 Å². The van der Waals surface area contributed by atoms with Crippen molar-refractivity contribution >= 4 is 28.5 Å². The van der Waals surface area contributed by atoms with Gasteiger partial charge in [-0.1, -0.05) is 26.0 Å². The first-order valence-electron chi connectivity index (χ1n) is 11.2. The molecule has 0 saturated heterocycles. The summed E-state index contributed by atoms with van der Waals surface area (Å²) in [5, 5.41) is 9.90. The van der Waals surface area contributed by atoms with E-state index >= 15 is 0 Å². The van der Waals surface area contributed by atoms with Crippen LogP contribution in [0.2, 0.25) is 0 Å². The van der Waals surface area contributed by atoms with E-state index in [0.29, 0.717) is 33.7 Å². The Morgan fingerprint density at radius 2 is 1.69 bits per heavy atom. The van der Waals surface area contributed by atoms with Gasteiger partial charge in [-0.15, -0.1) is 0 Å². The number of amides is 1. The Morgan fingerprint density at radius 1 is 0.972 bits per heavy atom. The van der Waals surface area contributed by atoms with E-state index in [1.165, 1.54) is 32.4 Å². The van der Waals surface area contributed by atoms with Crippen molar-refractivity contribution in [3.05, 3.63) is 83.3 Å². The number of nitrogens with one attached hydrogen (secondary N) is 2. The van der Waals surface area contributed by atoms with Crippen LogP contribution in [-0.4, -0.2) is 42.9 Å². The van der Waals surface area contributed by atoms with Gasteiger partial charge >= 0.3 is 5.97 Å². The number of benzene rings is 3. The van der Waals surface area contributed by atoms with Crippen molar-refractivity contribution in [1.82, 2.24) is 10.2 Å². The maximum atomic E-state index is 13.6. The highest BCUT2D eigenvalue weighted by molar-refractivity contribution is 6.04. The topological polar surface area (TPSA) is 103 Å². The maximum Gasteiger partial charge on any atom is 0.359 e. The Labute approximate surface area is 207 Å². The van der Waals surface area contributed by atoms with Crippen molar-refractivity contribution in [3.8, 4) is 11.5 Å². The fraction of sp³-hybridized carbons (Fsp3) is 0.222. The van der Waals surface area contributed by atoms with Crippen LogP contribution in [0.3, 0.4) is 0 Å². The summed E-state index contributed by atoms with van der Waals surface area (Å²) < 4.78 is 29.6. The Kier molecular flexibility index (Phi) is 6.91. The number of H-pyrrole nitrogens is 1. The molecule has 0 saturated carbocycles. The molecular weight excluding hydrogens is 465 g/mol. The van der Waals surface area contributed by atoms with Crippen LogP contribution in [0.1, 0.15) is 40.3 Å². The zero-order valence-electron chi connectivity index (χ0n) is 20.3. The SMILES string of the molecule is COc1ccc(C(=O)Nc2ccc(C(C)(C)COC(=O)c3n[nH]c4ccc(F)cc34)cc2)cc1OC. The molecule has 0 unspecified atom stereocenters. The monoisotopic (exact) mass is 491 g/mol. The largest absolute Gasteiger partial charge is 0.493 e. The lowest BCUT2D eigenvalue weighted by Crippen LogP contribution is -2.26. The van der Waals surface area contributed by atoms with Gasteiger partial charge in [-0.3, -0.25) is 9.89 Å². The van der Waals surface area contributed by atoms with Crippen LogP contribution in [0.25, 0.3) is 10.9 Å². The molecule has 9 heteroatoms. The maximum absolute atomic E-state index is 13.6. The molecule has 1 amide bonds. The molecular formula is C27H26FN3O5. The van der Waals surface area contributed by atoms with Crippen molar-refractivity contribution < 1.29 is 28.2 Å². The second-order valence-electron chi connectivity index (χ2n) is 8.82. The lowest BCUT2D eigenvalue weighted by molar-refractivity contribution is 0.0422. The van der Waals surface area contributed by atoms with Gasteiger partial charge in [0.05, 0.1) is 19.7 Å². The third-order valence-corrected chi connectivity index (χ3v) is 5.85. The molecule has 4 rings (SSSR count). The van der Waals surface area contributed by atoms with Crippen molar-refractivity contribution in [1.29, 1.82) is 0 Å². The van der Waals surface area contributed by atoms with Crippen molar-refractivity contribution in [2.75, 3.05) is 26.1 Å². The van der Waals surface area contributed by atoms with E-state index in [2.05, 4.69) is 15.5 Å². The van der Waals surface area contributed by atoms with Crippen LogP contribution in [0.4, 0.5) is 10.1 Å². The molecule has 0 aliphatic heterocycles.